The van der Waals surface area contributed by atoms with Crippen molar-refractivity contribution in [2.75, 3.05) is 7.05 Å². The summed E-state index contributed by atoms with van der Waals surface area (Å²) >= 11 is 1.53. The molecule has 1 aromatic rings. The third-order valence-electron chi connectivity index (χ3n) is 3.79. The van der Waals surface area contributed by atoms with Crippen molar-refractivity contribution in [3.05, 3.63) is 34.5 Å². The molecule has 1 heterocycles. The Balaban J connectivity index is 1.76. The van der Waals surface area contributed by atoms with Crippen LogP contribution in [-0.2, 0) is 0 Å². The average molecular weight is 233 g/mol. The highest BCUT2D eigenvalue weighted by atomic mass is 32.1. The first-order valence-corrected chi connectivity index (χ1v) is 6.62. The van der Waals surface area contributed by atoms with E-state index in [1.54, 1.807) is 0 Å². The lowest BCUT2D eigenvalue weighted by molar-refractivity contribution is 0.0714. The van der Waals surface area contributed by atoms with Crippen LogP contribution < -0.4 is 0 Å². The van der Waals surface area contributed by atoms with Gasteiger partial charge in [-0.1, -0.05) is 18.2 Å². The van der Waals surface area contributed by atoms with E-state index in [0.717, 1.165) is 11.3 Å². The van der Waals surface area contributed by atoms with Crippen molar-refractivity contribution >= 4 is 17.2 Å². The van der Waals surface area contributed by atoms with Gasteiger partial charge in [0, 0.05) is 13.1 Å². The number of hydrogen-bond acceptors (Lipinski definition) is 2. The Morgan fingerprint density at radius 2 is 2.31 bits per heavy atom. The first-order chi connectivity index (χ1) is 7.75. The Bertz CT molecular complexity index is 423. The van der Waals surface area contributed by atoms with Gasteiger partial charge in [0.2, 0.25) is 0 Å². The smallest absolute Gasteiger partial charge is 0.263 e. The number of allylic oxidation sites excluding steroid dienone is 1. The van der Waals surface area contributed by atoms with Crippen molar-refractivity contribution in [3.63, 3.8) is 0 Å². The fourth-order valence-electron chi connectivity index (χ4n) is 2.92. The zero-order valence-electron chi connectivity index (χ0n) is 9.30. The molecule has 16 heavy (non-hydrogen) atoms. The zero-order chi connectivity index (χ0) is 11.1. The summed E-state index contributed by atoms with van der Waals surface area (Å²) in [5.74, 6) is 1.49. The van der Waals surface area contributed by atoms with Gasteiger partial charge in [-0.15, -0.1) is 11.3 Å². The number of carbonyl (C=O) groups excluding carboxylic acids is 1. The second-order valence-electron chi connectivity index (χ2n) is 4.74. The van der Waals surface area contributed by atoms with Gasteiger partial charge >= 0.3 is 0 Å². The van der Waals surface area contributed by atoms with E-state index >= 15 is 0 Å². The third kappa shape index (κ3) is 1.50. The van der Waals surface area contributed by atoms with Crippen LogP contribution in [0.4, 0.5) is 0 Å². The minimum atomic E-state index is 0.181. The molecule has 3 heteroatoms. The van der Waals surface area contributed by atoms with E-state index in [0.29, 0.717) is 17.9 Å². The van der Waals surface area contributed by atoms with Crippen LogP contribution >= 0.6 is 11.3 Å². The zero-order valence-corrected chi connectivity index (χ0v) is 10.1. The van der Waals surface area contributed by atoms with Gasteiger partial charge in [0.1, 0.15) is 0 Å². The van der Waals surface area contributed by atoms with E-state index < -0.39 is 0 Å². The predicted molar refractivity (Wildman–Crippen MR) is 65.6 cm³/mol. The molecule has 2 bridgehead atoms. The molecule has 1 amide bonds. The number of nitrogens with zero attached hydrogens (tertiary/aromatic N) is 1. The van der Waals surface area contributed by atoms with Crippen LogP contribution in [0.2, 0.25) is 0 Å². The minimum absolute atomic E-state index is 0.181. The number of fused-ring (bicyclic) bond motifs is 2. The number of hydrogen-bond donors (Lipinski definition) is 0. The van der Waals surface area contributed by atoms with Crippen LogP contribution in [-0.4, -0.2) is 23.9 Å². The topological polar surface area (TPSA) is 20.3 Å². The molecule has 2 aliphatic carbocycles. The van der Waals surface area contributed by atoms with Gasteiger partial charge in [0.15, 0.2) is 0 Å². The molecule has 0 saturated heterocycles. The van der Waals surface area contributed by atoms with E-state index in [-0.39, 0.29) is 5.91 Å². The summed E-state index contributed by atoms with van der Waals surface area (Å²) in [7, 11) is 1.95. The van der Waals surface area contributed by atoms with Crippen molar-refractivity contribution in [3.8, 4) is 0 Å². The summed E-state index contributed by atoms with van der Waals surface area (Å²) in [6.45, 7) is 0. The molecule has 84 valence electrons. The lowest BCUT2D eigenvalue weighted by atomic mass is 10.0. The lowest BCUT2D eigenvalue weighted by Gasteiger charge is -2.29. The van der Waals surface area contributed by atoms with Crippen LogP contribution in [0.5, 0.6) is 0 Å². The Hall–Kier alpha value is -1.09. The van der Waals surface area contributed by atoms with Gasteiger partial charge in [0.05, 0.1) is 4.88 Å². The van der Waals surface area contributed by atoms with Crippen LogP contribution in [0.25, 0.3) is 0 Å². The monoisotopic (exact) mass is 233 g/mol. The van der Waals surface area contributed by atoms with Crippen molar-refractivity contribution in [1.29, 1.82) is 0 Å². The van der Waals surface area contributed by atoms with Crippen LogP contribution in [0.1, 0.15) is 22.5 Å². The van der Waals surface area contributed by atoms with E-state index in [4.69, 9.17) is 0 Å². The second kappa shape index (κ2) is 3.74. The molecule has 1 saturated carbocycles. The second-order valence-corrected chi connectivity index (χ2v) is 5.69. The summed E-state index contributed by atoms with van der Waals surface area (Å²) in [5, 5.41) is 1.96. The fourth-order valence-corrected chi connectivity index (χ4v) is 3.63. The van der Waals surface area contributed by atoms with Crippen LogP contribution in [0.15, 0.2) is 29.7 Å². The Morgan fingerprint density at radius 3 is 2.88 bits per heavy atom. The standard InChI is InChI=1S/C13H15NOS/c1-14(13(15)12-3-2-6-16-12)11-8-9-4-5-10(11)7-9/h2-6,9-11H,7-8H2,1H3/t9-,10+,11+/m1/s1. The summed E-state index contributed by atoms with van der Waals surface area (Å²) in [5.41, 5.74) is 0. The maximum absolute atomic E-state index is 12.2. The first-order valence-electron chi connectivity index (χ1n) is 5.74. The van der Waals surface area contributed by atoms with E-state index in [9.17, 15) is 4.79 Å². The fraction of sp³-hybridized carbons (Fsp3) is 0.462. The molecule has 0 N–H and O–H groups in total. The number of carbonyl (C=O) groups is 1. The van der Waals surface area contributed by atoms with Crippen LogP contribution in [0.3, 0.4) is 0 Å². The molecule has 0 radical (unpaired) electrons. The summed E-state index contributed by atoms with van der Waals surface area (Å²) in [6, 6.07) is 4.27. The Labute approximate surface area is 99.6 Å². The molecule has 1 aromatic heterocycles. The van der Waals surface area contributed by atoms with Gasteiger partial charge < -0.3 is 4.90 Å². The molecule has 3 atom stereocenters. The predicted octanol–water partition coefficient (Wildman–Crippen LogP) is 2.78. The average Bonchev–Trinajstić information content (AvgIpc) is 3.02. The van der Waals surface area contributed by atoms with Crippen molar-refractivity contribution in [2.24, 2.45) is 11.8 Å². The highest BCUT2D eigenvalue weighted by Gasteiger charge is 2.39. The van der Waals surface area contributed by atoms with Crippen LogP contribution in [0, 0.1) is 11.8 Å². The first kappa shape index (κ1) is 10.1. The largest absolute Gasteiger partial charge is 0.337 e. The highest BCUT2D eigenvalue weighted by Crippen LogP contribution is 2.41. The molecule has 2 nitrogen and oxygen atoms in total. The van der Waals surface area contributed by atoms with Gasteiger partial charge in [-0.25, -0.2) is 0 Å². The minimum Gasteiger partial charge on any atom is -0.337 e. The maximum atomic E-state index is 12.2. The van der Waals surface area contributed by atoms with Crippen molar-refractivity contribution < 1.29 is 4.79 Å². The summed E-state index contributed by atoms with van der Waals surface area (Å²) < 4.78 is 0. The van der Waals surface area contributed by atoms with Gasteiger partial charge in [-0.2, -0.15) is 0 Å². The van der Waals surface area contributed by atoms with Gasteiger partial charge in [0.25, 0.3) is 5.91 Å². The molecule has 3 rings (SSSR count). The SMILES string of the molecule is CN(C(=O)c1cccs1)[C@H]1C[C@@H]2C=C[C@H]1C2. The Morgan fingerprint density at radius 1 is 1.44 bits per heavy atom. The maximum Gasteiger partial charge on any atom is 0.263 e. The molecular weight excluding hydrogens is 218 g/mol. The normalized spacial score (nSPS) is 30.9. The molecule has 0 spiro atoms. The molecule has 2 aliphatic rings. The highest BCUT2D eigenvalue weighted by molar-refractivity contribution is 7.12. The molecule has 0 aromatic carbocycles. The number of rotatable bonds is 2. The molecular formula is C13H15NOS. The number of amides is 1. The molecule has 1 fully saturated rings. The quantitative estimate of drug-likeness (QED) is 0.719. The summed E-state index contributed by atoms with van der Waals surface area (Å²) in [6.07, 6.45) is 6.99. The van der Waals surface area contributed by atoms with E-state index in [2.05, 4.69) is 12.2 Å². The van der Waals surface area contributed by atoms with Gasteiger partial charge in [-0.3, -0.25) is 4.79 Å². The van der Waals surface area contributed by atoms with Crippen molar-refractivity contribution in [1.82, 2.24) is 4.90 Å². The number of thiophene rings is 1. The molecule has 0 unspecified atom stereocenters. The van der Waals surface area contributed by atoms with E-state index in [1.165, 1.54) is 17.8 Å². The summed E-state index contributed by atoms with van der Waals surface area (Å²) in [4.78, 5) is 15.0. The van der Waals surface area contributed by atoms with Crippen molar-refractivity contribution in [2.45, 2.75) is 18.9 Å². The molecule has 0 aliphatic heterocycles. The Kier molecular flexibility index (Phi) is 2.36. The van der Waals surface area contributed by atoms with Gasteiger partial charge in [-0.05, 0) is 36.1 Å². The third-order valence-corrected chi connectivity index (χ3v) is 4.65. The van der Waals surface area contributed by atoms with E-state index in [1.807, 2.05) is 29.5 Å². The lowest BCUT2D eigenvalue weighted by Crippen LogP contribution is -2.39.